The Morgan fingerprint density at radius 1 is 1.09 bits per heavy atom. The van der Waals surface area contributed by atoms with Crippen LogP contribution < -0.4 is 11.1 Å². The van der Waals surface area contributed by atoms with Gasteiger partial charge in [-0.2, -0.15) is 0 Å². The highest BCUT2D eigenvalue weighted by molar-refractivity contribution is 14.0. The van der Waals surface area contributed by atoms with Gasteiger partial charge >= 0.3 is 0 Å². The molecule has 0 spiro atoms. The minimum atomic E-state index is 0. The number of aliphatic hydroxyl groups excluding tert-OH is 1. The Hall–Kier alpha value is 0.610. The Kier molecular flexibility index (Phi) is 17.0. The zero-order valence-corrected chi connectivity index (χ0v) is 9.21. The molecule has 70 valence electrons. The molecular formula is C7H19IN2O. The monoisotopic (exact) mass is 274 g/mol. The normalized spacial score (nSPS) is 9.27. The minimum absolute atomic E-state index is 0. The highest BCUT2D eigenvalue weighted by atomic mass is 127. The molecule has 0 bridgehead atoms. The van der Waals surface area contributed by atoms with E-state index in [2.05, 4.69) is 5.32 Å². The van der Waals surface area contributed by atoms with Crippen LogP contribution in [0.4, 0.5) is 0 Å². The average Bonchev–Trinajstić information content (AvgIpc) is 1.97. The van der Waals surface area contributed by atoms with Crippen molar-refractivity contribution in [1.29, 1.82) is 0 Å². The summed E-state index contributed by atoms with van der Waals surface area (Å²) in [5.74, 6) is 0. The third-order valence-electron chi connectivity index (χ3n) is 1.32. The molecule has 4 heteroatoms. The summed E-state index contributed by atoms with van der Waals surface area (Å²) < 4.78 is 0. The molecule has 0 rings (SSSR count). The lowest BCUT2D eigenvalue weighted by molar-refractivity contribution is 0.286. The molecule has 3 nitrogen and oxygen atoms in total. The first kappa shape index (κ1) is 14.2. The van der Waals surface area contributed by atoms with Gasteiger partial charge in [0, 0.05) is 6.61 Å². The van der Waals surface area contributed by atoms with Crippen molar-refractivity contribution >= 4 is 24.0 Å². The van der Waals surface area contributed by atoms with Gasteiger partial charge in [-0.05, 0) is 38.9 Å². The molecule has 0 aliphatic rings. The number of hydrogen-bond donors (Lipinski definition) is 3. The number of nitrogens with one attached hydrogen (secondary N) is 1. The Morgan fingerprint density at radius 2 is 1.73 bits per heavy atom. The first-order chi connectivity index (χ1) is 4.91. The number of aliphatic hydroxyl groups is 1. The fraction of sp³-hybridized carbons (Fsp3) is 1.00. The number of unbranched alkanes of at least 4 members (excludes halogenated alkanes) is 1. The highest BCUT2D eigenvalue weighted by Crippen LogP contribution is 1.82. The Labute approximate surface area is 85.8 Å². The van der Waals surface area contributed by atoms with Crippen LogP contribution in [0.1, 0.15) is 19.3 Å². The third-order valence-corrected chi connectivity index (χ3v) is 1.32. The van der Waals surface area contributed by atoms with Crippen LogP contribution in [0.3, 0.4) is 0 Å². The third kappa shape index (κ3) is 13.6. The van der Waals surface area contributed by atoms with Crippen LogP contribution in [0, 0.1) is 0 Å². The van der Waals surface area contributed by atoms with Gasteiger partial charge in [-0.25, -0.2) is 0 Å². The van der Waals surface area contributed by atoms with Crippen LogP contribution in [-0.4, -0.2) is 31.3 Å². The predicted molar refractivity (Wildman–Crippen MR) is 58.3 cm³/mol. The molecule has 4 N–H and O–H groups in total. The highest BCUT2D eigenvalue weighted by Gasteiger charge is 1.85. The van der Waals surface area contributed by atoms with E-state index in [0.717, 1.165) is 38.9 Å². The SMILES string of the molecule is I.NCCCCNCCCO. The first-order valence-electron chi connectivity index (χ1n) is 3.93. The van der Waals surface area contributed by atoms with Crippen molar-refractivity contribution in [3.8, 4) is 0 Å². The zero-order chi connectivity index (χ0) is 7.66. The average molecular weight is 274 g/mol. The van der Waals surface area contributed by atoms with Crippen molar-refractivity contribution in [2.24, 2.45) is 5.73 Å². The molecule has 0 aliphatic heterocycles. The molecule has 0 fully saturated rings. The molecule has 0 aliphatic carbocycles. The van der Waals surface area contributed by atoms with Gasteiger partial charge in [-0.3, -0.25) is 0 Å². The second-order valence-electron chi connectivity index (χ2n) is 2.32. The minimum Gasteiger partial charge on any atom is -0.396 e. The molecule has 0 atom stereocenters. The maximum atomic E-state index is 8.41. The maximum absolute atomic E-state index is 8.41. The Bertz CT molecular complexity index is 56.4. The van der Waals surface area contributed by atoms with E-state index < -0.39 is 0 Å². The van der Waals surface area contributed by atoms with E-state index in [1.54, 1.807) is 0 Å². The van der Waals surface area contributed by atoms with Crippen molar-refractivity contribution in [2.75, 3.05) is 26.2 Å². The van der Waals surface area contributed by atoms with Gasteiger partial charge in [0.05, 0.1) is 0 Å². The van der Waals surface area contributed by atoms with Crippen LogP contribution in [0.5, 0.6) is 0 Å². The molecule has 0 aromatic rings. The van der Waals surface area contributed by atoms with E-state index in [-0.39, 0.29) is 30.6 Å². The van der Waals surface area contributed by atoms with Crippen LogP contribution in [0.2, 0.25) is 0 Å². The number of hydrogen-bond acceptors (Lipinski definition) is 3. The van der Waals surface area contributed by atoms with Gasteiger partial charge in [0.2, 0.25) is 0 Å². The lowest BCUT2D eigenvalue weighted by Gasteiger charge is -2.00. The summed E-state index contributed by atoms with van der Waals surface area (Å²) in [7, 11) is 0. The fourth-order valence-corrected chi connectivity index (χ4v) is 0.723. The molecular weight excluding hydrogens is 255 g/mol. The van der Waals surface area contributed by atoms with Crippen LogP contribution in [0.15, 0.2) is 0 Å². The molecule has 0 radical (unpaired) electrons. The summed E-state index contributed by atoms with van der Waals surface area (Å²) in [5.41, 5.74) is 5.30. The maximum Gasteiger partial charge on any atom is 0.0443 e. The number of nitrogens with two attached hydrogens (primary N) is 1. The smallest absolute Gasteiger partial charge is 0.0443 e. The molecule has 0 aromatic carbocycles. The van der Waals surface area contributed by atoms with Crippen molar-refractivity contribution in [3.63, 3.8) is 0 Å². The molecule has 0 saturated carbocycles. The lowest BCUT2D eigenvalue weighted by Crippen LogP contribution is -2.18. The standard InChI is InChI=1S/C7H18N2O.HI/c8-4-1-2-5-9-6-3-7-10;/h9-10H,1-8H2;1H. The topological polar surface area (TPSA) is 58.3 Å². The van der Waals surface area contributed by atoms with Gasteiger partial charge < -0.3 is 16.2 Å². The van der Waals surface area contributed by atoms with E-state index >= 15 is 0 Å². The van der Waals surface area contributed by atoms with Gasteiger partial charge in [0.1, 0.15) is 0 Å². The van der Waals surface area contributed by atoms with E-state index in [9.17, 15) is 0 Å². The molecule has 0 heterocycles. The van der Waals surface area contributed by atoms with Crippen LogP contribution in [0.25, 0.3) is 0 Å². The van der Waals surface area contributed by atoms with Gasteiger partial charge in [0.25, 0.3) is 0 Å². The predicted octanol–water partition coefficient (Wildman–Crippen LogP) is 0.315. The van der Waals surface area contributed by atoms with Crippen LogP contribution in [-0.2, 0) is 0 Å². The summed E-state index contributed by atoms with van der Waals surface area (Å²) in [6, 6.07) is 0. The van der Waals surface area contributed by atoms with Crippen molar-refractivity contribution in [1.82, 2.24) is 5.32 Å². The largest absolute Gasteiger partial charge is 0.396 e. The fourth-order valence-electron chi connectivity index (χ4n) is 0.723. The Balaban J connectivity index is 0. The molecule has 0 saturated heterocycles. The summed E-state index contributed by atoms with van der Waals surface area (Å²) in [4.78, 5) is 0. The summed E-state index contributed by atoms with van der Waals surface area (Å²) >= 11 is 0. The second-order valence-corrected chi connectivity index (χ2v) is 2.32. The first-order valence-corrected chi connectivity index (χ1v) is 3.93. The van der Waals surface area contributed by atoms with E-state index in [1.807, 2.05) is 0 Å². The van der Waals surface area contributed by atoms with Gasteiger partial charge in [0.15, 0.2) is 0 Å². The number of rotatable bonds is 7. The van der Waals surface area contributed by atoms with E-state index in [0.29, 0.717) is 0 Å². The second kappa shape index (κ2) is 13.2. The molecule has 11 heavy (non-hydrogen) atoms. The van der Waals surface area contributed by atoms with Crippen molar-refractivity contribution in [3.05, 3.63) is 0 Å². The van der Waals surface area contributed by atoms with Crippen molar-refractivity contribution in [2.45, 2.75) is 19.3 Å². The quantitative estimate of drug-likeness (QED) is 0.463. The lowest BCUT2D eigenvalue weighted by atomic mass is 10.3. The summed E-state index contributed by atoms with van der Waals surface area (Å²) in [6.45, 7) is 3.00. The molecule has 0 amide bonds. The van der Waals surface area contributed by atoms with Crippen LogP contribution >= 0.6 is 24.0 Å². The zero-order valence-electron chi connectivity index (χ0n) is 6.88. The van der Waals surface area contributed by atoms with Gasteiger partial charge in [-0.15, -0.1) is 24.0 Å². The van der Waals surface area contributed by atoms with Crippen molar-refractivity contribution < 1.29 is 5.11 Å². The number of halogens is 1. The van der Waals surface area contributed by atoms with E-state index in [4.69, 9.17) is 10.8 Å². The Morgan fingerprint density at radius 3 is 2.27 bits per heavy atom. The van der Waals surface area contributed by atoms with E-state index in [1.165, 1.54) is 0 Å². The van der Waals surface area contributed by atoms with Gasteiger partial charge in [-0.1, -0.05) is 0 Å². The summed E-state index contributed by atoms with van der Waals surface area (Å²) in [6.07, 6.45) is 3.08. The summed E-state index contributed by atoms with van der Waals surface area (Å²) in [5, 5.41) is 11.6. The molecule has 0 unspecified atom stereocenters. The molecule has 0 aromatic heterocycles.